The lowest BCUT2D eigenvalue weighted by Gasteiger charge is -2.28. The Balaban J connectivity index is 3.22. The summed E-state index contributed by atoms with van der Waals surface area (Å²) in [7, 11) is 2.75. The second-order valence-electron chi connectivity index (χ2n) is 6.18. The van der Waals surface area contributed by atoms with Crippen molar-refractivity contribution in [2.75, 3.05) is 14.2 Å². The van der Waals surface area contributed by atoms with Crippen LogP contribution in [0.4, 0.5) is 4.79 Å². The molecule has 0 saturated carbocycles. The van der Waals surface area contributed by atoms with E-state index in [1.54, 1.807) is 20.8 Å². The van der Waals surface area contributed by atoms with Gasteiger partial charge in [-0.15, -0.1) is 0 Å². The number of benzene rings is 1. The van der Waals surface area contributed by atoms with Gasteiger partial charge in [-0.3, -0.25) is 0 Å². The molecule has 0 saturated heterocycles. The van der Waals surface area contributed by atoms with Gasteiger partial charge in [0.2, 0.25) is 5.75 Å². The van der Waals surface area contributed by atoms with Crippen LogP contribution in [-0.2, 0) is 15.1 Å². The quantitative estimate of drug-likeness (QED) is 0.807. The summed E-state index contributed by atoms with van der Waals surface area (Å²) in [5.41, 5.74) is -1.70. The van der Waals surface area contributed by atoms with Crippen molar-refractivity contribution in [3.05, 3.63) is 17.7 Å². The average molecular weight is 325 g/mol. The minimum Gasteiger partial charge on any atom is -0.502 e. The normalized spacial score (nSPS) is 13.7. The first-order chi connectivity index (χ1) is 10.6. The zero-order valence-corrected chi connectivity index (χ0v) is 14.2. The van der Waals surface area contributed by atoms with Crippen LogP contribution in [0, 0.1) is 0 Å². The number of phenols is 1. The maximum absolute atomic E-state index is 12.0. The molecule has 1 atom stereocenters. The molecule has 1 amide bonds. The Kier molecular flexibility index (Phi) is 5.47. The van der Waals surface area contributed by atoms with Gasteiger partial charge in [-0.1, -0.05) is 0 Å². The number of hydrogen-bond acceptors (Lipinski definition) is 6. The molecule has 7 nitrogen and oxygen atoms in total. The predicted molar refractivity (Wildman–Crippen MR) is 84.0 cm³/mol. The summed E-state index contributed by atoms with van der Waals surface area (Å²) in [6, 6.07) is 2.90. The van der Waals surface area contributed by atoms with Crippen molar-refractivity contribution in [1.82, 2.24) is 5.32 Å². The standard InChI is InChI=1S/C16H23NO6/c1-15(2,3)23-14(20)17-16(4,9-18)10-7-11(21-5)13(19)12(8-10)22-6/h7-9,19H,1-6H3,(H,17,20). The van der Waals surface area contributed by atoms with Crippen LogP contribution in [0.15, 0.2) is 12.1 Å². The van der Waals surface area contributed by atoms with Crippen LogP contribution in [-0.4, -0.2) is 37.3 Å². The van der Waals surface area contributed by atoms with Crippen LogP contribution in [0.1, 0.15) is 33.3 Å². The first-order valence-electron chi connectivity index (χ1n) is 6.99. The van der Waals surface area contributed by atoms with Gasteiger partial charge in [-0.25, -0.2) is 4.79 Å². The molecule has 7 heteroatoms. The van der Waals surface area contributed by atoms with E-state index < -0.39 is 17.2 Å². The lowest BCUT2D eigenvalue weighted by Crippen LogP contribution is -2.47. The summed E-state index contributed by atoms with van der Waals surface area (Å²) < 4.78 is 15.3. The fourth-order valence-electron chi connectivity index (χ4n) is 1.88. The van der Waals surface area contributed by atoms with E-state index in [1.807, 2.05) is 0 Å². The highest BCUT2D eigenvalue weighted by atomic mass is 16.6. The molecule has 0 radical (unpaired) electrons. The van der Waals surface area contributed by atoms with E-state index in [0.29, 0.717) is 11.8 Å². The maximum Gasteiger partial charge on any atom is 0.408 e. The third-order valence-electron chi connectivity index (χ3n) is 3.08. The molecular formula is C16H23NO6. The van der Waals surface area contributed by atoms with E-state index in [0.717, 1.165) is 0 Å². The second-order valence-corrected chi connectivity index (χ2v) is 6.18. The predicted octanol–water partition coefficient (Wildman–Crippen LogP) is 2.35. The molecule has 0 fully saturated rings. The number of aromatic hydroxyl groups is 1. The van der Waals surface area contributed by atoms with Gasteiger partial charge < -0.3 is 29.4 Å². The molecule has 0 aromatic heterocycles. The Morgan fingerprint density at radius 2 is 1.61 bits per heavy atom. The summed E-state index contributed by atoms with van der Waals surface area (Å²) in [6.07, 6.45) is -0.166. The van der Waals surface area contributed by atoms with Crippen molar-refractivity contribution in [1.29, 1.82) is 0 Å². The highest BCUT2D eigenvalue weighted by Gasteiger charge is 2.32. The Morgan fingerprint density at radius 3 is 1.96 bits per heavy atom. The van der Waals surface area contributed by atoms with Gasteiger partial charge in [0.15, 0.2) is 11.5 Å². The van der Waals surface area contributed by atoms with Gasteiger partial charge in [0.25, 0.3) is 0 Å². The summed E-state index contributed by atoms with van der Waals surface area (Å²) in [5, 5.41) is 12.5. The number of methoxy groups -OCH3 is 2. The van der Waals surface area contributed by atoms with E-state index in [9.17, 15) is 14.7 Å². The number of amides is 1. The van der Waals surface area contributed by atoms with E-state index in [1.165, 1.54) is 33.3 Å². The molecular weight excluding hydrogens is 302 g/mol. The van der Waals surface area contributed by atoms with Crippen molar-refractivity contribution in [2.24, 2.45) is 0 Å². The Labute approximate surface area is 135 Å². The largest absolute Gasteiger partial charge is 0.502 e. The molecule has 128 valence electrons. The topological polar surface area (TPSA) is 94.1 Å². The zero-order chi connectivity index (χ0) is 17.8. The lowest BCUT2D eigenvalue weighted by molar-refractivity contribution is -0.113. The molecule has 1 aromatic rings. The van der Waals surface area contributed by atoms with Crippen molar-refractivity contribution in [3.8, 4) is 17.2 Å². The Hall–Kier alpha value is -2.44. The molecule has 2 N–H and O–H groups in total. The van der Waals surface area contributed by atoms with E-state index in [-0.39, 0.29) is 17.2 Å². The smallest absolute Gasteiger partial charge is 0.408 e. The van der Waals surface area contributed by atoms with Crippen LogP contribution in [0.25, 0.3) is 0 Å². The summed E-state index contributed by atoms with van der Waals surface area (Å²) in [4.78, 5) is 23.6. The minimum absolute atomic E-state index is 0.124. The number of carbonyl (C=O) groups is 2. The third-order valence-corrected chi connectivity index (χ3v) is 3.08. The van der Waals surface area contributed by atoms with Crippen molar-refractivity contribution in [2.45, 2.75) is 38.8 Å². The van der Waals surface area contributed by atoms with Crippen molar-refractivity contribution >= 4 is 12.4 Å². The maximum atomic E-state index is 12.0. The van der Waals surface area contributed by atoms with Gasteiger partial charge in [-0.05, 0) is 45.4 Å². The molecule has 1 rings (SSSR count). The number of phenolic OH excluding ortho intramolecular Hbond substituents is 1. The van der Waals surface area contributed by atoms with Gasteiger partial charge in [0.1, 0.15) is 17.4 Å². The van der Waals surface area contributed by atoms with Crippen LogP contribution in [0.5, 0.6) is 17.2 Å². The molecule has 0 aliphatic heterocycles. The number of aldehydes is 1. The number of ether oxygens (including phenoxy) is 3. The van der Waals surface area contributed by atoms with Crippen LogP contribution < -0.4 is 14.8 Å². The summed E-state index contributed by atoms with van der Waals surface area (Å²) in [5.74, 6) is 0.0566. The molecule has 0 spiro atoms. The van der Waals surface area contributed by atoms with E-state index in [4.69, 9.17) is 14.2 Å². The monoisotopic (exact) mass is 325 g/mol. The van der Waals surface area contributed by atoms with Crippen molar-refractivity contribution < 1.29 is 28.9 Å². The first-order valence-corrected chi connectivity index (χ1v) is 6.99. The van der Waals surface area contributed by atoms with Crippen LogP contribution in [0.2, 0.25) is 0 Å². The molecule has 23 heavy (non-hydrogen) atoms. The lowest BCUT2D eigenvalue weighted by atomic mass is 9.93. The number of rotatable bonds is 5. The minimum atomic E-state index is -1.38. The van der Waals surface area contributed by atoms with Crippen LogP contribution in [0.3, 0.4) is 0 Å². The van der Waals surface area contributed by atoms with Gasteiger partial charge in [0, 0.05) is 0 Å². The summed E-state index contributed by atoms with van der Waals surface area (Å²) >= 11 is 0. The summed E-state index contributed by atoms with van der Waals surface area (Å²) in [6.45, 7) is 6.67. The Morgan fingerprint density at radius 1 is 1.13 bits per heavy atom. The number of nitrogens with one attached hydrogen (secondary N) is 1. The molecule has 0 aliphatic rings. The fourth-order valence-corrected chi connectivity index (χ4v) is 1.88. The molecule has 0 heterocycles. The molecule has 1 unspecified atom stereocenters. The molecule has 1 aromatic carbocycles. The van der Waals surface area contributed by atoms with Gasteiger partial charge in [0.05, 0.1) is 14.2 Å². The first kappa shape index (κ1) is 18.6. The fraction of sp³-hybridized carbons (Fsp3) is 0.500. The van der Waals surface area contributed by atoms with E-state index >= 15 is 0 Å². The van der Waals surface area contributed by atoms with Gasteiger partial charge >= 0.3 is 6.09 Å². The highest BCUT2D eigenvalue weighted by Crippen LogP contribution is 2.39. The molecule has 0 aliphatic carbocycles. The third kappa shape index (κ3) is 4.51. The Bertz CT molecular complexity index is 568. The second kappa shape index (κ2) is 6.76. The highest BCUT2D eigenvalue weighted by molar-refractivity contribution is 5.78. The average Bonchev–Trinajstić information content (AvgIpc) is 2.45. The number of alkyl carbamates (subject to hydrolysis) is 1. The van der Waals surface area contributed by atoms with Crippen LogP contribution >= 0.6 is 0 Å². The van der Waals surface area contributed by atoms with Gasteiger partial charge in [-0.2, -0.15) is 0 Å². The van der Waals surface area contributed by atoms with E-state index in [2.05, 4.69) is 5.32 Å². The number of hydrogen-bond donors (Lipinski definition) is 2. The zero-order valence-electron chi connectivity index (χ0n) is 14.2. The SMILES string of the molecule is COc1cc(C(C)(C=O)NC(=O)OC(C)(C)C)cc(OC)c1O. The molecule has 0 bridgehead atoms. The van der Waals surface area contributed by atoms with Crippen molar-refractivity contribution in [3.63, 3.8) is 0 Å². The number of carbonyl (C=O) groups excluding carboxylic acids is 2.